The predicted molar refractivity (Wildman–Crippen MR) is 101 cm³/mol. The number of carbonyl (C=O) groups is 1. The molecule has 0 spiro atoms. The van der Waals surface area contributed by atoms with Gasteiger partial charge in [-0.05, 0) is 50.7 Å². The first-order valence-corrected chi connectivity index (χ1v) is 9.86. The van der Waals surface area contributed by atoms with E-state index < -0.39 is 0 Å². The first-order chi connectivity index (χ1) is 13.6. The Balaban J connectivity index is 1.37. The van der Waals surface area contributed by atoms with Crippen LogP contribution in [0.4, 0.5) is 4.39 Å². The average molecular weight is 387 g/mol. The van der Waals surface area contributed by atoms with Crippen molar-refractivity contribution in [3.63, 3.8) is 0 Å². The van der Waals surface area contributed by atoms with Crippen LogP contribution < -0.4 is 0 Å². The molecule has 3 heterocycles. The monoisotopic (exact) mass is 387 g/mol. The van der Waals surface area contributed by atoms with Crippen molar-refractivity contribution in [2.75, 3.05) is 39.8 Å². The molecule has 2 fully saturated rings. The Hall–Kier alpha value is -2.25. The second-order valence-corrected chi connectivity index (χ2v) is 7.69. The first kappa shape index (κ1) is 19.1. The number of ether oxygens (including phenoxy) is 1. The number of amides is 1. The number of hydrogen-bond donors (Lipinski definition) is 0. The molecular formula is C21H26FN3O3. The highest BCUT2D eigenvalue weighted by Gasteiger charge is 2.33. The molecular weight excluding hydrogens is 361 g/mol. The van der Waals surface area contributed by atoms with Crippen LogP contribution in [0.15, 0.2) is 34.9 Å². The van der Waals surface area contributed by atoms with E-state index >= 15 is 0 Å². The number of carbonyl (C=O) groups excluding carboxylic acids is 1. The SMILES string of the molecule is CN1CCC(C(=O)N2CCO[C@@H](c3ncc(Cc4ccc(F)cc4)o3)C2)CC1. The number of benzene rings is 1. The van der Waals surface area contributed by atoms with E-state index in [-0.39, 0.29) is 23.7 Å². The molecule has 1 aromatic carbocycles. The van der Waals surface area contributed by atoms with E-state index in [4.69, 9.17) is 9.15 Å². The number of oxazole rings is 1. The van der Waals surface area contributed by atoms with Crippen molar-refractivity contribution < 1.29 is 18.3 Å². The summed E-state index contributed by atoms with van der Waals surface area (Å²) in [7, 11) is 2.09. The third-order valence-electron chi connectivity index (χ3n) is 5.58. The minimum Gasteiger partial charge on any atom is -0.442 e. The quantitative estimate of drug-likeness (QED) is 0.807. The number of likely N-dealkylation sites (tertiary alicyclic amines) is 1. The van der Waals surface area contributed by atoms with Crippen LogP contribution in [0.1, 0.15) is 36.2 Å². The summed E-state index contributed by atoms with van der Waals surface area (Å²) in [6, 6.07) is 6.33. The molecule has 0 N–H and O–H groups in total. The Morgan fingerprint density at radius 2 is 1.96 bits per heavy atom. The predicted octanol–water partition coefficient (Wildman–Crippen LogP) is 2.65. The Morgan fingerprint density at radius 3 is 2.71 bits per heavy atom. The molecule has 6 nitrogen and oxygen atoms in total. The van der Waals surface area contributed by atoms with Gasteiger partial charge in [-0.25, -0.2) is 9.37 Å². The molecule has 0 aliphatic carbocycles. The van der Waals surface area contributed by atoms with Gasteiger partial charge in [-0.1, -0.05) is 12.1 Å². The molecule has 2 aromatic rings. The molecule has 1 amide bonds. The van der Waals surface area contributed by atoms with Gasteiger partial charge in [0, 0.05) is 18.9 Å². The van der Waals surface area contributed by atoms with Crippen molar-refractivity contribution in [1.82, 2.24) is 14.8 Å². The van der Waals surface area contributed by atoms with Crippen LogP contribution in [0.2, 0.25) is 0 Å². The van der Waals surface area contributed by atoms with Gasteiger partial charge in [0.05, 0.1) is 19.3 Å². The fraction of sp³-hybridized carbons (Fsp3) is 0.524. The van der Waals surface area contributed by atoms with E-state index in [1.165, 1.54) is 12.1 Å². The zero-order valence-electron chi connectivity index (χ0n) is 16.1. The molecule has 2 aliphatic rings. The lowest BCUT2D eigenvalue weighted by Gasteiger charge is -2.36. The fourth-order valence-corrected chi connectivity index (χ4v) is 3.87. The largest absolute Gasteiger partial charge is 0.442 e. The maximum absolute atomic E-state index is 13.0. The molecule has 2 aliphatic heterocycles. The minimum atomic E-state index is -0.342. The van der Waals surface area contributed by atoms with Crippen LogP contribution in [0.3, 0.4) is 0 Å². The Bertz CT molecular complexity index is 799. The number of piperidine rings is 1. The van der Waals surface area contributed by atoms with Gasteiger partial charge in [0.1, 0.15) is 11.6 Å². The van der Waals surface area contributed by atoms with Crippen LogP contribution in [0.5, 0.6) is 0 Å². The van der Waals surface area contributed by atoms with E-state index in [2.05, 4.69) is 16.9 Å². The standard InChI is InChI=1S/C21H26FN3O3/c1-24-8-6-16(7-9-24)21(26)25-10-11-27-19(14-25)20-23-13-18(28-20)12-15-2-4-17(22)5-3-15/h2-5,13,16,19H,6-12,14H2,1H3/t19-/m1/s1. The molecule has 0 unspecified atom stereocenters. The molecule has 1 aromatic heterocycles. The lowest BCUT2D eigenvalue weighted by atomic mass is 9.95. The normalized spacial score (nSPS) is 21.8. The van der Waals surface area contributed by atoms with Gasteiger partial charge in [-0.3, -0.25) is 4.79 Å². The van der Waals surface area contributed by atoms with E-state index in [9.17, 15) is 9.18 Å². The van der Waals surface area contributed by atoms with Crippen LogP contribution in [0.25, 0.3) is 0 Å². The zero-order chi connectivity index (χ0) is 19.5. The van der Waals surface area contributed by atoms with E-state index in [1.54, 1.807) is 18.3 Å². The summed E-state index contributed by atoms with van der Waals surface area (Å²) < 4.78 is 24.7. The van der Waals surface area contributed by atoms with Gasteiger partial charge in [0.25, 0.3) is 0 Å². The van der Waals surface area contributed by atoms with Crippen molar-refractivity contribution in [2.24, 2.45) is 5.92 Å². The summed E-state index contributed by atoms with van der Waals surface area (Å²) in [5.74, 6) is 1.27. The van der Waals surface area contributed by atoms with E-state index in [0.717, 1.165) is 31.5 Å². The number of halogens is 1. The fourth-order valence-electron chi connectivity index (χ4n) is 3.87. The third-order valence-corrected chi connectivity index (χ3v) is 5.58. The maximum Gasteiger partial charge on any atom is 0.225 e. The lowest BCUT2D eigenvalue weighted by Crippen LogP contribution is -2.47. The van der Waals surface area contributed by atoms with Crippen molar-refractivity contribution in [3.8, 4) is 0 Å². The molecule has 150 valence electrons. The van der Waals surface area contributed by atoms with Crippen LogP contribution in [-0.2, 0) is 16.0 Å². The van der Waals surface area contributed by atoms with Crippen molar-refractivity contribution >= 4 is 5.91 Å². The maximum atomic E-state index is 13.0. The highest BCUT2D eigenvalue weighted by atomic mass is 19.1. The topological polar surface area (TPSA) is 58.8 Å². The van der Waals surface area contributed by atoms with Crippen LogP contribution >= 0.6 is 0 Å². The highest BCUT2D eigenvalue weighted by Crippen LogP contribution is 2.26. The van der Waals surface area contributed by atoms with Gasteiger partial charge in [0.2, 0.25) is 11.8 Å². The number of morpholine rings is 1. The third kappa shape index (κ3) is 4.42. The number of rotatable bonds is 4. The molecule has 4 rings (SSSR count). The molecule has 7 heteroatoms. The molecule has 0 bridgehead atoms. The highest BCUT2D eigenvalue weighted by molar-refractivity contribution is 5.79. The molecule has 0 saturated carbocycles. The summed E-state index contributed by atoms with van der Waals surface area (Å²) >= 11 is 0. The molecule has 1 atom stereocenters. The number of hydrogen-bond acceptors (Lipinski definition) is 5. The van der Waals surface area contributed by atoms with Crippen molar-refractivity contribution in [1.29, 1.82) is 0 Å². The smallest absolute Gasteiger partial charge is 0.225 e. The second-order valence-electron chi connectivity index (χ2n) is 7.69. The molecule has 2 saturated heterocycles. The summed E-state index contributed by atoms with van der Waals surface area (Å²) in [5, 5.41) is 0. The van der Waals surface area contributed by atoms with Crippen LogP contribution in [0, 0.1) is 11.7 Å². The zero-order valence-corrected chi connectivity index (χ0v) is 16.1. The van der Waals surface area contributed by atoms with E-state index in [0.29, 0.717) is 37.8 Å². The molecule has 28 heavy (non-hydrogen) atoms. The Labute approximate surface area is 164 Å². The lowest BCUT2D eigenvalue weighted by molar-refractivity contribution is -0.145. The van der Waals surface area contributed by atoms with Crippen molar-refractivity contribution in [2.45, 2.75) is 25.4 Å². The van der Waals surface area contributed by atoms with Gasteiger partial charge < -0.3 is 19.0 Å². The van der Waals surface area contributed by atoms with Gasteiger partial charge >= 0.3 is 0 Å². The van der Waals surface area contributed by atoms with Gasteiger partial charge in [0.15, 0.2) is 6.10 Å². The second kappa shape index (κ2) is 8.41. The summed E-state index contributed by atoms with van der Waals surface area (Å²) in [6.45, 7) is 3.51. The van der Waals surface area contributed by atoms with Crippen LogP contribution in [-0.4, -0.2) is 60.5 Å². The Kier molecular flexibility index (Phi) is 5.73. The van der Waals surface area contributed by atoms with Gasteiger partial charge in [-0.2, -0.15) is 0 Å². The summed E-state index contributed by atoms with van der Waals surface area (Å²) in [4.78, 5) is 21.4. The summed E-state index contributed by atoms with van der Waals surface area (Å²) in [5.41, 5.74) is 0.952. The minimum absolute atomic E-state index is 0.105. The average Bonchev–Trinajstić information content (AvgIpc) is 3.18. The number of nitrogens with zero attached hydrogens (tertiary/aromatic N) is 3. The first-order valence-electron chi connectivity index (χ1n) is 9.86. The van der Waals surface area contributed by atoms with Crippen molar-refractivity contribution in [3.05, 3.63) is 53.5 Å². The molecule has 0 radical (unpaired) electrons. The van der Waals surface area contributed by atoms with E-state index in [1.807, 2.05) is 4.90 Å². The summed E-state index contributed by atoms with van der Waals surface area (Å²) in [6.07, 6.45) is 3.71. The van der Waals surface area contributed by atoms with Gasteiger partial charge in [-0.15, -0.1) is 0 Å². The Morgan fingerprint density at radius 1 is 1.21 bits per heavy atom. The number of aromatic nitrogens is 1.